The lowest BCUT2D eigenvalue weighted by Crippen LogP contribution is -2.25. The standard InChI is InChI=1S/C18H27NO/c1-13-5-3-7-15(11-13)20-16-10-9-14-6-4-8-18(19-2)17(14)12-16/h9-10,12-13,15,18-19H,3-8,11H2,1-2H3. The van der Waals surface area contributed by atoms with Crippen molar-refractivity contribution >= 4 is 0 Å². The molecule has 0 aliphatic heterocycles. The van der Waals surface area contributed by atoms with Crippen molar-refractivity contribution < 1.29 is 4.74 Å². The van der Waals surface area contributed by atoms with Crippen molar-refractivity contribution in [3.05, 3.63) is 29.3 Å². The Morgan fingerprint density at radius 3 is 2.85 bits per heavy atom. The van der Waals surface area contributed by atoms with Gasteiger partial charge in [0.05, 0.1) is 6.10 Å². The molecule has 1 saturated carbocycles. The summed E-state index contributed by atoms with van der Waals surface area (Å²) in [5.74, 6) is 1.89. The topological polar surface area (TPSA) is 21.3 Å². The average molecular weight is 273 g/mol. The summed E-state index contributed by atoms with van der Waals surface area (Å²) in [6.45, 7) is 2.35. The Kier molecular flexibility index (Phi) is 4.30. The fraction of sp³-hybridized carbons (Fsp3) is 0.667. The molecule has 1 aromatic carbocycles. The Labute approximate surface area is 122 Å². The van der Waals surface area contributed by atoms with Gasteiger partial charge in [0.1, 0.15) is 5.75 Å². The van der Waals surface area contributed by atoms with E-state index in [1.807, 2.05) is 0 Å². The van der Waals surface area contributed by atoms with Gasteiger partial charge in [0.2, 0.25) is 0 Å². The molecular weight excluding hydrogens is 246 g/mol. The first-order valence-electron chi connectivity index (χ1n) is 8.23. The summed E-state index contributed by atoms with van der Waals surface area (Å²) in [4.78, 5) is 0. The molecule has 0 bridgehead atoms. The summed E-state index contributed by atoms with van der Waals surface area (Å²) in [7, 11) is 2.07. The zero-order chi connectivity index (χ0) is 13.9. The molecular formula is C18H27NO. The molecule has 2 aliphatic carbocycles. The second-order valence-electron chi connectivity index (χ2n) is 6.61. The van der Waals surface area contributed by atoms with Crippen LogP contribution in [0.15, 0.2) is 18.2 Å². The molecule has 2 nitrogen and oxygen atoms in total. The quantitative estimate of drug-likeness (QED) is 0.889. The number of fused-ring (bicyclic) bond motifs is 1. The van der Waals surface area contributed by atoms with E-state index in [1.54, 1.807) is 0 Å². The highest BCUT2D eigenvalue weighted by Crippen LogP contribution is 2.34. The van der Waals surface area contributed by atoms with E-state index in [1.165, 1.54) is 56.1 Å². The second-order valence-corrected chi connectivity index (χ2v) is 6.61. The van der Waals surface area contributed by atoms with Gasteiger partial charge >= 0.3 is 0 Å². The van der Waals surface area contributed by atoms with Crippen molar-refractivity contribution in [1.29, 1.82) is 0 Å². The summed E-state index contributed by atoms with van der Waals surface area (Å²) in [6, 6.07) is 7.25. The van der Waals surface area contributed by atoms with Gasteiger partial charge in [-0.25, -0.2) is 0 Å². The van der Waals surface area contributed by atoms with Crippen LogP contribution in [0.3, 0.4) is 0 Å². The van der Waals surface area contributed by atoms with Crippen molar-refractivity contribution in [2.75, 3.05) is 7.05 Å². The molecule has 0 radical (unpaired) electrons. The Hall–Kier alpha value is -1.02. The van der Waals surface area contributed by atoms with Gasteiger partial charge in [0.15, 0.2) is 0 Å². The van der Waals surface area contributed by atoms with E-state index in [2.05, 4.69) is 37.5 Å². The van der Waals surface area contributed by atoms with Crippen molar-refractivity contribution in [3.63, 3.8) is 0 Å². The van der Waals surface area contributed by atoms with E-state index >= 15 is 0 Å². The smallest absolute Gasteiger partial charge is 0.120 e. The zero-order valence-corrected chi connectivity index (χ0v) is 12.8. The van der Waals surface area contributed by atoms with Gasteiger partial charge in [0, 0.05) is 6.04 Å². The van der Waals surface area contributed by atoms with Gasteiger partial charge in [-0.05, 0) is 74.8 Å². The molecule has 2 heteroatoms. The molecule has 1 N–H and O–H groups in total. The Morgan fingerprint density at radius 2 is 2.05 bits per heavy atom. The zero-order valence-electron chi connectivity index (χ0n) is 12.8. The molecule has 3 atom stereocenters. The van der Waals surface area contributed by atoms with Gasteiger partial charge < -0.3 is 10.1 Å². The van der Waals surface area contributed by atoms with Gasteiger partial charge in [-0.1, -0.05) is 19.4 Å². The van der Waals surface area contributed by atoms with Crippen molar-refractivity contribution in [2.45, 2.75) is 64.0 Å². The number of nitrogens with one attached hydrogen (secondary N) is 1. The molecule has 3 rings (SSSR count). The van der Waals surface area contributed by atoms with Gasteiger partial charge in [-0.2, -0.15) is 0 Å². The van der Waals surface area contributed by atoms with Crippen molar-refractivity contribution in [1.82, 2.24) is 5.32 Å². The summed E-state index contributed by atoms with van der Waals surface area (Å²) >= 11 is 0. The van der Waals surface area contributed by atoms with E-state index in [0.717, 1.165) is 11.7 Å². The second kappa shape index (κ2) is 6.17. The number of ether oxygens (including phenoxy) is 1. The third-order valence-electron chi connectivity index (χ3n) is 4.97. The van der Waals surface area contributed by atoms with Crippen molar-refractivity contribution in [2.24, 2.45) is 5.92 Å². The monoisotopic (exact) mass is 273 g/mol. The Bertz CT molecular complexity index is 457. The number of benzene rings is 1. The third-order valence-corrected chi connectivity index (χ3v) is 4.97. The first kappa shape index (κ1) is 13.9. The van der Waals surface area contributed by atoms with E-state index in [4.69, 9.17) is 4.74 Å². The first-order chi connectivity index (χ1) is 9.76. The molecule has 3 unspecified atom stereocenters. The predicted molar refractivity (Wildman–Crippen MR) is 83.2 cm³/mol. The van der Waals surface area contributed by atoms with E-state index in [-0.39, 0.29) is 0 Å². The first-order valence-corrected chi connectivity index (χ1v) is 8.23. The average Bonchev–Trinajstić information content (AvgIpc) is 2.46. The summed E-state index contributed by atoms with van der Waals surface area (Å²) in [6.07, 6.45) is 9.29. The van der Waals surface area contributed by atoms with Crippen LogP contribution in [-0.4, -0.2) is 13.2 Å². The minimum Gasteiger partial charge on any atom is -0.490 e. The van der Waals surface area contributed by atoms with Crippen LogP contribution in [0.25, 0.3) is 0 Å². The lowest BCUT2D eigenvalue weighted by atomic mass is 9.87. The fourth-order valence-electron chi connectivity index (χ4n) is 3.83. The van der Waals surface area contributed by atoms with E-state index < -0.39 is 0 Å². The Morgan fingerprint density at radius 1 is 1.15 bits per heavy atom. The van der Waals surface area contributed by atoms with Gasteiger partial charge in [-0.15, -0.1) is 0 Å². The highest BCUT2D eigenvalue weighted by molar-refractivity contribution is 5.39. The van der Waals surface area contributed by atoms with Crippen LogP contribution in [0, 0.1) is 5.92 Å². The lowest BCUT2D eigenvalue weighted by Gasteiger charge is -2.29. The van der Waals surface area contributed by atoms with Gasteiger partial charge in [0.25, 0.3) is 0 Å². The molecule has 0 heterocycles. The molecule has 0 amide bonds. The molecule has 1 aromatic rings. The molecule has 0 saturated heterocycles. The fourth-order valence-corrected chi connectivity index (χ4v) is 3.83. The van der Waals surface area contributed by atoms with E-state index in [9.17, 15) is 0 Å². The van der Waals surface area contributed by atoms with E-state index in [0.29, 0.717) is 12.1 Å². The van der Waals surface area contributed by atoms with Crippen molar-refractivity contribution in [3.8, 4) is 5.75 Å². The minimum atomic E-state index is 0.424. The van der Waals surface area contributed by atoms with Crippen LogP contribution in [0.5, 0.6) is 5.75 Å². The third kappa shape index (κ3) is 3.01. The van der Waals surface area contributed by atoms with Crippen LogP contribution in [0.2, 0.25) is 0 Å². The summed E-state index contributed by atoms with van der Waals surface area (Å²) in [5, 5.41) is 3.44. The molecule has 1 fully saturated rings. The SMILES string of the molecule is CNC1CCCc2ccc(OC3CCCC(C)C3)cc21. The Balaban J connectivity index is 1.74. The number of aryl methyl sites for hydroxylation is 1. The highest BCUT2D eigenvalue weighted by Gasteiger charge is 2.22. The lowest BCUT2D eigenvalue weighted by molar-refractivity contribution is 0.129. The predicted octanol–water partition coefficient (Wildman–Crippen LogP) is 4.24. The molecule has 0 spiro atoms. The minimum absolute atomic E-state index is 0.424. The normalized spacial score (nSPS) is 29.8. The number of rotatable bonds is 3. The molecule has 2 aliphatic rings. The molecule has 110 valence electrons. The summed E-state index contributed by atoms with van der Waals surface area (Å²) in [5.41, 5.74) is 2.96. The summed E-state index contributed by atoms with van der Waals surface area (Å²) < 4.78 is 6.26. The maximum absolute atomic E-state index is 6.26. The van der Waals surface area contributed by atoms with Crippen LogP contribution in [0.4, 0.5) is 0 Å². The maximum atomic E-state index is 6.26. The largest absolute Gasteiger partial charge is 0.490 e. The maximum Gasteiger partial charge on any atom is 0.120 e. The van der Waals surface area contributed by atoms with Gasteiger partial charge in [-0.3, -0.25) is 0 Å². The molecule has 20 heavy (non-hydrogen) atoms. The van der Waals surface area contributed by atoms with Crippen LogP contribution in [-0.2, 0) is 6.42 Å². The number of hydrogen-bond donors (Lipinski definition) is 1. The molecule has 0 aromatic heterocycles. The van der Waals surface area contributed by atoms with Crippen LogP contribution < -0.4 is 10.1 Å². The highest BCUT2D eigenvalue weighted by atomic mass is 16.5. The van der Waals surface area contributed by atoms with Crippen LogP contribution in [0.1, 0.15) is 62.6 Å². The number of hydrogen-bond acceptors (Lipinski definition) is 2. The van der Waals surface area contributed by atoms with Crippen LogP contribution >= 0.6 is 0 Å².